The van der Waals surface area contributed by atoms with Gasteiger partial charge in [-0.1, -0.05) is 19.9 Å². The maximum atomic E-state index is 12.2. The summed E-state index contributed by atoms with van der Waals surface area (Å²) in [4.78, 5) is 20.1. The number of H-pyrrole nitrogens is 1. The minimum absolute atomic E-state index is 0.00798. The number of ether oxygens (including phenoxy) is 2. The van der Waals surface area contributed by atoms with E-state index in [1.807, 2.05) is 18.2 Å². The van der Waals surface area contributed by atoms with E-state index in [4.69, 9.17) is 9.47 Å². The summed E-state index contributed by atoms with van der Waals surface area (Å²) < 4.78 is 10.6. The van der Waals surface area contributed by atoms with Gasteiger partial charge in [0.1, 0.15) is 11.5 Å². The molecular formula is C18H23N3O3. The molecule has 1 aliphatic rings. The normalized spacial score (nSPS) is 16.1. The van der Waals surface area contributed by atoms with Crippen LogP contribution in [-0.2, 0) is 12.8 Å². The van der Waals surface area contributed by atoms with Crippen LogP contribution in [0, 0.1) is 5.41 Å². The molecule has 1 aliphatic heterocycles. The molecular weight excluding hydrogens is 306 g/mol. The van der Waals surface area contributed by atoms with Crippen molar-refractivity contribution in [2.75, 3.05) is 20.8 Å². The number of benzene rings is 1. The molecule has 0 saturated carbocycles. The fraction of sp³-hybridized carbons (Fsp3) is 0.444. The first-order chi connectivity index (χ1) is 11.4. The molecule has 0 radical (unpaired) electrons. The van der Waals surface area contributed by atoms with E-state index >= 15 is 0 Å². The zero-order valence-electron chi connectivity index (χ0n) is 14.5. The molecule has 2 heterocycles. The van der Waals surface area contributed by atoms with Crippen LogP contribution >= 0.6 is 0 Å². The molecule has 0 bridgehead atoms. The lowest BCUT2D eigenvalue weighted by molar-refractivity contribution is 0.0940. The Morgan fingerprint density at radius 2 is 1.96 bits per heavy atom. The van der Waals surface area contributed by atoms with Gasteiger partial charge < -0.3 is 19.8 Å². The van der Waals surface area contributed by atoms with Crippen LogP contribution in [0.25, 0.3) is 0 Å². The Morgan fingerprint density at radius 3 is 2.67 bits per heavy atom. The highest BCUT2D eigenvalue weighted by molar-refractivity contribution is 5.94. The van der Waals surface area contributed by atoms with Crippen LogP contribution in [0.15, 0.2) is 18.2 Å². The molecule has 2 aromatic rings. The van der Waals surface area contributed by atoms with Crippen LogP contribution in [0.4, 0.5) is 0 Å². The molecule has 0 atom stereocenters. The van der Waals surface area contributed by atoms with Gasteiger partial charge in [0.2, 0.25) is 0 Å². The van der Waals surface area contributed by atoms with Gasteiger partial charge in [0.05, 0.1) is 14.2 Å². The topological polar surface area (TPSA) is 76.2 Å². The predicted molar refractivity (Wildman–Crippen MR) is 90.8 cm³/mol. The van der Waals surface area contributed by atoms with Gasteiger partial charge in [0, 0.05) is 18.7 Å². The zero-order chi connectivity index (χ0) is 17.3. The number of rotatable bonds is 4. The Kier molecular flexibility index (Phi) is 4.22. The monoisotopic (exact) mass is 329 g/mol. The first kappa shape index (κ1) is 16.4. The quantitative estimate of drug-likeness (QED) is 0.902. The van der Waals surface area contributed by atoms with Crippen molar-refractivity contribution in [1.82, 2.24) is 15.3 Å². The van der Waals surface area contributed by atoms with Crippen molar-refractivity contribution in [2.45, 2.75) is 26.7 Å². The second-order valence-electron chi connectivity index (χ2n) is 6.90. The summed E-state index contributed by atoms with van der Waals surface area (Å²) in [7, 11) is 3.23. The number of hydrogen-bond acceptors (Lipinski definition) is 4. The number of aromatic amines is 1. The van der Waals surface area contributed by atoms with Crippen molar-refractivity contribution in [1.29, 1.82) is 0 Å². The number of amides is 1. The van der Waals surface area contributed by atoms with Gasteiger partial charge in [0.15, 0.2) is 11.5 Å². The lowest BCUT2D eigenvalue weighted by Crippen LogP contribution is -2.32. The highest BCUT2D eigenvalue weighted by Gasteiger charge is 2.29. The molecule has 0 aliphatic carbocycles. The molecule has 6 nitrogen and oxygen atoms in total. The molecule has 0 saturated heterocycles. The summed E-state index contributed by atoms with van der Waals surface area (Å²) in [5.74, 6) is 2.05. The molecule has 1 amide bonds. The summed E-state index contributed by atoms with van der Waals surface area (Å²) in [5.41, 5.74) is 2.46. The van der Waals surface area contributed by atoms with Gasteiger partial charge in [-0.05, 0) is 29.5 Å². The number of fused-ring (bicyclic) bond motifs is 1. The predicted octanol–water partition coefficient (Wildman–Crippen LogP) is 2.33. The summed E-state index contributed by atoms with van der Waals surface area (Å²) in [6, 6.07) is 5.77. The number of carbonyl (C=O) groups excluding carboxylic acids is 1. The minimum atomic E-state index is -0.106. The van der Waals surface area contributed by atoms with E-state index in [2.05, 4.69) is 29.1 Å². The Balaban J connectivity index is 1.87. The molecule has 2 N–H and O–H groups in total. The van der Waals surface area contributed by atoms with E-state index in [9.17, 15) is 4.79 Å². The van der Waals surface area contributed by atoms with E-state index in [0.717, 1.165) is 23.5 Å². The molecule has 24 heavy (non-hydrogen) atoms. The van der Waals surface area contributed by atoms with E-state index < -0.39 is 0 Å². The van der Waals surface area contributed by atoms with Crippen molar-refractivity contribution in [3.05, 3.63) is 41.0 Å². The summed E-state index contributed by atoms with van der Waals surface area (Å²) in [6.07, 6.45) is 1.39. The third-order valence-electron chi connectivity index (χ3n) is 4.25. The third kappa shape index (κ3) is 3.22. The summed E-state index contributed by atoms with van der Waals surface area (Å²) in [5, 5.41) is 2.94. The van der Waals surface area contributed by atoms with E-state index in [-0.39, 0.29) is 11.3 Å². The number of nitrogens with zero attached hydrogens (tertiary/aromatic N) is 1. The minimum Gasteiger partial charge on any atom is -0.493 e. The molecule has 1 aromatic heterocycles. The molecule has 128 valence electrons. The highest BCUT2D eigenvalue weighted by Crippen LogP contribution is 2.29. The molecule has 3 rings (SSSR count). The molecule has 0 unspecified atom stereocenters. The van der Waals surface area contributed by atoms with Crippen LogP contribution in [0.3, 0.4) is 0 Å². The molecule has 6 heteroatoms. The Labute approximate surface area is 141 Å². The fourth-order valence-electron chi connectivity index (χ4n) is 2.99. The second kappa shape index (κ2) is 6.19. The van der Waals surface area contributed by atoms with Crippen molar-refractivity contribution in [2.24, 2.45) is 5.41 Å². The van der Waals surface area contributed by atoms with Crippen LogP contribution in [0.2, 0.25) is 0 Å². The SMILES string of the molecule is COc1ccc(Cc2nc3c([nH]2)CC(C)(C)CNC3=O)cc1OC. The van der Waals surface area contributed by atoms with Crippen molar-refractivity contribution < 1.29 is 14.3 Å². The van der Waals surface area contributed by atoms with Crippen LogP contribution in [0.1, 0.15) is 41.4 Å². The fourth-order valence-corrected chi connectivity index (χ4v) is 2.99. The maximum Gasteiger partial charge on any atom is 0.271 e. The highest BCUT2D eigenvalue weighted by atomic mass is 16.5. The lowest BCUT2D eigenvalue weighted by atomic mass is 9.88. The van der Waals surface area contributed by atoms with Crippen LogP contribution in [0.5, 0.6) is 11.5 Å². The van der Waals surface area contributed by atoms with Crippen molar-refractivity contribution >= 4 is 5.91 Å². The second-order valence-corrected chi connectivity index (χ2v) is 6.90. The lowest BCUT2D eigenvalue weighted by Gasteiger charge is -2.21. The Morgan fingerprint density at radius 1 is 1.21 bits per heavy atom. The molecule has 0 spiro atoms. The van der Waals surface area contributed by atoms with Crippen molar-refractivity contribution in [3.63, 3.8) is 0 Å². The van der Waals surface area contributed by atoms with E-state index in [1.165, 1.54) is 0 Å². The molecule has 0 fully saturated rings. The number of imidazole rings is 1. The maximum absolute atomic E-state index is 12.2. The smallest absolute Gasteiger partial charge is 0.271 e. The molecule has 1 aromatic carbocycles. The summed E-state index contributed by atoms with van der Waals surface area (Å²) in [6.45, 7) is 4.93. The number of hydrogen-bond donors (Lipinski definition) is 2. The number of nitrogens with one attached hydrogen (secondary N) is 2. The number of methoxy groups -OCH3 is 2. The average molecular weight is 329 g/mol. The summed E-state index contributed by atoms with van der Waals surface area (Å²) >= 11 is 0. The third-order valence-corrected chi connectivity index (χ3v) is 4.25. The van der Waals surface area contributed by atoms with Gasteiger partial charge in [-0.2, -0.15) is 0 Å². The van der Waals surface area contributed by atoms with Crippen LogP contribution < -0.4 is 14.8 Å². The first-order valence-electron chi connectivity index (χ1n) is 7.99. The number of carbonyl (C=O) groups is 1. The largest absolute Gasteiger partial charge is 0.493 e. The van der Waals surface area contributed by atoms with Gasteiger partial charge in [0.25, 0.3) is 5.91 Å². The van der Waals surface area contributed by atoms with Gasteiger partial charge >= 0.3 is 0 Å². The Bertz CT molecular complexity index is 765. The zero-order valence-corrected chi connectivity index (χ0v) is 14.5. The van der Waals surface area contributed by atoms with E-state index in [1.54, 1.807) is 14.2 Å². The van der Waals surface area contributed by atoms with E-state index in [0.29, 0.717) is 30.2 Å². The first-order valence-corrected chi connectivity index (χ1v) is 7.99. The van der Waals surface area contributed by atoms with Gasteiger partial charge in [-0.15, -0.1) is 0 Å². The van der Waals surface area contributed by atoms with Gasteiger partial charge in [-0.3, -0.25) is 4.79 Å². The van der Waals surface area contributed by atoms with Crippen LogP contribution in [-0.4, -0.2) is 36.6 Å². The average Bonchev–Trinajstić information content (AvgIpc) is 2.89. The van der Waals surface area contributed by atoms with Crippen molar-refractivity contribution in [3.8, 4) is 11.5 Å². The number of aromatic nitrogens is 2. The Hall–Kier alpha value is -2.50. The standard InChI is InChI=1S/C18H23N3O3/c1-18(2)9-12-16(17(22)19-10-18)21-15(20-12)8-11-5-6-13(23-3)14(7-11)24-4/h5-7H,8-10H2,1-4H3,(H,19,22)(H,20,21). The van der Waals surface area contributed by atoms with Gasteiger partial charge in [-0.25, -0.2) is 4.98 Å².